The summed E-state index contributed by atoms with van der Waals surface area (Å²) in [6.07, 6.45) is 20.2. The number of nitrogens with one attached hydrogen (secondary N) is 1. The van der Waals surface area contributed by atoms with Gasteiger partial charge in [0.1, 0.15) is 5.78 Å². The van der Waals surface area contributed by atoms with Gasteiger partial charge in [0.15, 0.2) is 0 Å². The Labute approximate surface area is 218 Å². The third-order valence-corrected chi connectivity index (χ3v) is 7.01. The molecule has 0 heterocycles. The fourth-order valence-corrected chi connectivity index (χ4v) is 4.81. The van der Waals surface area contributed by atoms with Crippen molar-refractivity contribution < 1.29 is 28.4 Å². The number of carbonyl (C=O) groups is 1. The van der Waals surface area contributed by atoms with Crippen LogP contribution in [0.2, 0.25) is 0 Å². The molecular weight excluding hydrogens is 461 g/mol. The smallest absolute Gasteiger partial charge is 0.329 e. The van der Waals surface area contributed by atoms with Crippen molar-refractivity contribution in [3.05, 3.63) is 0 Å². The van der Waals surface area contributed by atoms with Gasteiger partial charge in [-0.2, -0.15) is 0 Å². The van der Waals surface area contributed by atoms with Crippen LogP contribution in [0.5, 0.6) is 0 Å². The minimum Gasteiger partial charge on any atom is -0.381 e. The van der Waals surface area contributed by atoms with E-state index < -0.39 is 8.60 Å². The highest BCUT2D eigenvalue weighted by molar-refractivity contribution is 7.40. The molecule has 0 fully saturated rings. The lowest BCUT2D eigenvalue weighted by Crippen LogP contribution is -3.05. The zero-order valence-corrected chi connectivity index (χ0v) is 24.6. The maximum atomic E-state index is 12.1. The van der Waals surface area contributed by atoms with Crippen molar-refractivity contribution in [3.8, 4) is 0 Å². The van der Waals surface area contributed by atoms with Crippen LogP contribution in [0.1, 0.15) is 123 Å². The van der Waals surface area contributed by atoms with Crippen molar-refractivity contribution in [1.29, 1.82) is 0 Å². The Balaban J connectivity index is 3.82. The lowest BCUT2D eigenvalue weighted by Gasteiger charge is -2.18. The lowest BCUT2D eigenvalue weighted by molar-refractivity contribution is -0.858. The first-order chi connectivity index (χ1) is 17.0. The number of ether oxygens (including phenoxy) is 1. The highest BCUT2D eigenvalue weighted by Crippen LogP contribution is 2.33. The molecule has 210 valence electrons. The molecule has 2 atom stereocenters. The van der Waals surface area contributed by atoms with E-state index in [2.05, 4.69) is 21.0 Å². The van der Waals surface area contributed by atoms with Crippen molar-refractivity contribution in [3.63, 3.8) is 0 Å². The van der Waals surface area contributed by atoms with Gasteiger partial charge < -0.3 is 23.6 Å². The van der Waals surface area contributed by atoms with Gasteiger partial charge in [-0.25, -0.2) is 0 Å². The summed E-state index contributed by atoms with van der Waals surface area (Å²) in [5.74, 6) is 0.214. The second kappa shape index (κ2) is 26.9. The number of hydrogen-bond donors (Lipinski definition) is 2. The summed E-state index contributed by atoms with van der Waals surface area (Å²) in [5.41, 5.74) is 0. The van der Waals surface area contributed by atoms with E-state index in [1.54, 1.807) is 0 Å². The normalized spacial score (nSPS) is 13.4. The van der Waals surface area contributed by atoms with Crippen LogP contribution < -0.4 is 4.90 Å². The van der Waals surface area contributed by atoms with Crippen molar-refractivity contribution >= 4 is 14.4 Å². The van der Waals surface area contributed by atoms with Gasteiger partial charge in [0, 0.05) is 31.8 Å². The molecule has 2 N–H and O–H groups in total. The van der Waals surface area contributed by atoms with E-state index in [1.165, 1.54) is 81.9 Å². The van der Waals surface area contributed by atoms with E-state index in [-0.39, 0.29) is 11.7 Å². The van der Waals surface area contributed by atoms with Crippen LogP contribution in [0.4, 0.5) is 0 Å². The molecule has 7 heteroatoms. The number of ketones is 1. The molecule has 6 nitrogen and oxygen atoms in total. The van der Waals surface area contributed by atoms with Gasteiger partial charge in [-0.3, -0.25) is 4.79 Å². The van der Waals surface area contributed by atoms with Gasteiger partial charge in [-0.15, -0.1) is 0 Å². The average Bonchev–Trinajstić information content (AvgIpc) is 2.82. The predicted octanol–water partition coefficient (Wildman–Crippen LogP) is 6.26. The second-order valence-electron chi connectivity index (χ2n) is 10.4. The maximum Gasteiger partial charge on any atom is 0.329 e. The lowest BCUT2D eigenvalue weighted by atomic mass is 10.0. The number of carbonyl (C=O) groups excluding carboxylic acids is 1. The van der Waals surface area contributed by atoms with E-state index in [4.69, 9.17) is 13.8 Å². The minimum atomic E-state index is -1.89. The van der Waals surface area contributed by atoms with Gasteiger partial charge in [0.2, 0.25) is 0 Å². The highest BCUT2D eigenvalue weighted by Gasteiger charge is 2.17. The van der Waals surface area contributed by atoms with Crippen molar-refractivity contribution in [2.24, 2.45) is 5.92 Å². The molecule has 0 saturated carbocycles. The topological polar surface area (TPSA) is 69.4 Å². The maximum absolute atomic E-state index is 12.1. The van der Waals surface area contributed by atoms with Gasteiger partial charge in [0.05, 0.1) is 40.5 Å². The Morgan fingerprint density at radius 3 is 1.86 bits per heavy atom. The first-order valence-corrected chi connectivity index (χ1v) is 15.8. The number of hydrogen-bond acceptors (Lipinski definition) is 5. The molecular formula is C28H59NO5P+. The molecule has 35 heavy (non-hydrogen) atoms. The SMILES string of the molecule is CCCCCCCCCCCCCCCOCC(COP(O)OCCC[NH+](C)C)CC(=O)CCC. The van der Waals surface area contributed by atoms with Crippen LogP contribution in [0, 0.1) is 5.92 Å². The number of unbranched alkanes of at least 4 members (excludes halogenated alkanes) is 12. The first kappa shape index (κ1) is 34.9. The van der Waals surface area contributed by atoms with Gasteiger partial charge >= 0.3 is 8.60 Å². The van der Waals surface area contributed by atoms with Gasteiger partial charge in [-0.1, -0.05) is 90.9 Å². The Hall–Kier alpha value is -0.100. The molecule has 0 aromatic rings. The van der Waals surface area contributed by atoms with E-state index in [9.17, 15) is 9.69 Å². The fourth-order valence-electron chi connectivity index (χ4n) is 4.12. The molecule has 0 aliphatic heterocycles. The van der Waals surface area contributed by atoms with Gasteiger partial charge in [0.25, 0.3) is 0 Å². The summed E-state index contributed by atoms with van der Waals surface area (Å²) < 4.78 is 16.8. The molecule has 0 rings (SSSR count). The Bertz CT molecular complexity index is 453. The van der Waals surface area contributed by atoms with Crippen molar-refractivity contribution in [1.82, 2.24) is 0 Å². The molecule has 0 saturated heterocycles. The van der Waals surface area contributed by atoms with E-state index >= 15 is 0 Å². The summed E-state index contributed by atoms with van der Waals surface area (Å²) in [6, 6.07) is 0. The molecule has 2 unspecified atom stereocenters. The zero-order chi connectivity index (χ0) is 26.0. The largest absolute Gasteiger partial charge is 0.381 e. The zero-order valence-electron chi connectivity index (χ0n) is 23.7. The van der Waals surface area contributed by atoms with Crippen molar-refractivity contribution in [2.75, 3.05) is 47.1 Å². The van der Waals surface area contributed by atoms with Crippen molar-refractivity contribution in [2.45, 2.75) is 123 Å². The Morgan fingerprint density at radius 2 is 1.31 bits per heavy atom. The number of Topliss-reactive ketones (excluding diaryl/α,β-unsaturated/α-hetero) is 1. The molecule has 0 amide bonds. The minimum absolute atomic E-state index is 0.0250. The molecule has 0 aromatic heterocycles. The summed E-state index contributed by atoms with van der Waals surface area (Å²) >= 11 is 0. The average molecular weight is 521 g/mol. The second-order valence-corrected chi connectivity index (χ2v) is 11.3. The monoisotopic (exact) mass is 520 g/mol. The van der Waals surface area contributed by atoms with Gasteiger partial charge in [-0.05, 0) is 12.8 Å². The number of quaternary nitrogens is 1. The summed E-state index contributed by atoms with van der Waals surface area (Å²) in [6.45, 7) is 7.30. The Kier molecular flexibility index (Phi) is 26.9. The van der Waals surface area contributed by atoms with Crippen LogP contribution in [0.25, 0.3) is 0 Å². The van der Waals surface area contributed by atoms with E-state index in [0.717, 1.165) is 32.4 Å². The molecule has 0 aliphatic rings. The molecule has 0 bridgehead atoms. The van der Waals surface area contributed by atoms with Crippen LogP contribution in [-0.4, -0.2) is 57.7 Å². The fraction of sp³-hybridized carbons (Fsp3) is 0.964. The van der Waals surface area contributed by atoms with E-state index in [1.807, 2.05) is 6.92 Å². The molecule has 0 aromatic carbocycles. The Morgan fingerprint density at radius 1 is 0.743 bits per heavy atom. The quantitative estimate of drug-likeness (QED) is 0.0942. The summed E-state index contributed by atoms with van der Waals surface area (Å²) in [7, 11) is 2.29. The molecule has 0 aliphatic carbocycles. The molecule has 0 spiro atoms. The standard InChI is InChI=1S/C28H58NO5P/c1-5-7-8-9-10-11-12-13-14-15-16-17-18-22-32-25-27(24-28(30)20-6-2)26-34-35(31)33-23-19-21-29(3)4/h27,31H,5-26H2,1-4H3/p+1. The van der Waals surface area contributed by atoms with Crippen LogP contribution in [-0.2, 0) is 18.6 Å². The number of rotatable bonds is 28. The van der Waals surface area contributed by atoms with Crippen LogP contribution in [0.3, 0.4) is 0 Å². The summed E-state index contributed by atoms with van der Waals surface area (Å²) in [5, 5.41) is 0. The predicted molar refractivity (Wildman–Crippen MR) is 148 cm³/mol. The third kappa shape index (κ3) is 26.8. The summed E-state index contributed by atoms with van der Waals surface area (Å²) in [4.78, 5) is 23.5. The van der Waals surface area contributed by atoms with E-state index in [0.29, 0.717) is 32.7 Å². The van der Waals surface area contributed by atoms with Crippen LogP contribution >= 0.6 is 8.60 Å². The first-order valence-electron chi connectivity index (χ1n) is 14.6. The third-order valence-electron chi connectivity index (χ3n) is 6.23. The highest BCUT2D eigenvalue weighted by atomic mass is 31.2. The van der Waals surface area contributed by atoms with Crippen LogP contribution in [0.15, 0.2) is 0 Å². The molecule has 0 radical (unpaired) electrons.